The molecule has 0 aliphatic carbocycles. The minimum absolute atomic E-state index is 0.0553. The van der Waals surface area contributed by atoms with Crippen molar-refractivity contribution in [2.45, 2.75) is 31.7 Å². The molecule has 2 rings (SSSR count). The normalized spacial score (nSPS) is 18.5. The van der Waals surface area contributed by atoms with Gasteiger partial charge in [-0.15, -0.1) is 0 Å². The quantitative estimate of drug-likeness (QED) is 0.885. The molecule has 2 amide bonds. The van der Waals surface area contributed by atoms with Crippen molar-refractivity contribution in [3.63, 3.8) is 0 Å². The Kier molecular flexibility index (Phi) is 5.01. The van der Waals surface area contributed by atoms with Gasteiger partial charge >= 0.3 is 6.03 Å². The fourth-order valence-corrected chi connectivity index (χ4v) is 2.74. The van der Waals surface area contributed by atoms with Crippen LogP contribution in [0.2, 0.25) is 0 Å². The molecule has 0 saturated carbocycles. The molecule has 1 aliphatic heterocycles. The third-order valence-electron chi connectivity index (χ3n) is 4.06. The minimum atomic E-state index is -0.231. The van der Waals surface area contributed by atoms with E-state index in [4.69, 9.17) is 0 Å². The van der Waals surface area contributed by atoms with Gasteiger partial charge in [-0.05, 0) is 31.9 Å². The second-order valence-electron chi connectivity index (χ2n) is 5.63. The molecule has 110 valence electrons. The van der Waals surface area contributed by atoms with E-state index in [0.717, 1.165) is 38.9 Å². The molecule has 1 saturated heterocycles. The van der Waals surface area contributed by atoms with Crippen molar-refractivity contribution in [2.24, 2.45) is 0 Å². The highest BCUT2D eigenvalue weighted by atomic mass is 16.2. The fourth-order valence-electron chi connectivity index (χ4n) is 2.74. The number of hydrogen-bond donors (Lipinski definition) is 2. The SMILES string of the molecule is CCCNC(=O)NC1(c2ccccc2)CCN(C)CC1. The van der Waals surface area contributed by atoms with Crippen molar-refractivity contribution in [3.05, 3.63) is 35.9 Å². The molecule has 1 aliphatic rings. The first-order valence-corrected chi connectivity index (χ1v) is 7.46. The van der Waals surface area contributed by atoms with E-state index in [9.17, 15) is 4.79 Å². The lowest BCUT2D eigenvalue weighted by molar-refractivity contribution is 0.156. The van der Waals surface area contributed by atoms with Crippen LogP contribution in [0.1, 0.15) is 31.7 Å². The summed E-state index contributed by atoms with van der Waals surface area (Å²) in [6.45, 7) is 4.78. The van der Waals surface area contributed by atoms with E-state index in [0.29, 0.717) is 0 Å². The van der Waals surface area contributed by atoms with Crippen molar-refractivity contribution in [2.75, 3.05) is 26.7 Å². The van der Waals surface area contributed by atoms with E-state index in [1.165, 1.54) is 5.56 Å². The zero-order valence-electron chi connectivity index (χ0n) is 12.5. The molecule has 0 bridgehead atoms. The summed E-state index contributed by atoms with van der Waals surface area (Å²) >= 11 is 0. The van der Waals surface area contributed by atoms with Crippen LogP contribution in [0.3, 0.4) is 0 Å². The molecule has 4 nitrogen and oxygen atoms in total. The topological polar surface area (TPSA) is 44.4 Å². The monoisotopic (exact) mass is 275 g/mol. The Labute approximate surface area is 121 Å². The number of amides is 2. The molecule has 0 radical (unpaired) electrons. The average molecular weight is 275 g/mol. The number of nitrogens with one attached hydrogen (secondary N) is 2. The van der Waals surface area contributed by atoms with Crippen LogP contribution in [-0.2, 0) is 5.54 Å². The van der Waals surface area contributed by atoms with Crippen molar-refractivity contribution < 1.29 is 4.79 Å². The minimum Gasteiger partial charge on any atom is -0.338 e. The lowest BCUT2D eigenvalue weighted by atomic mass is 9.81. The summed E-state index contributed by atoms with van der Waals surface area (Å²) in [6.07, 6.45) is 2.86. The maximum absolute atomic E-state index is 12.1. The second-order valence-corrected chi connectivity index (χ2v) is 5.63. The lowest BCUT2D eigenvalue weighted by Crippen LogP contribution is -2.55. The van der Waals surface area contributed by atoms with Crippen LogP contribution >= 0.6 is 0 Å². The van der Waals surface area contributed by atoms with Gasteiger partial charge in [0.2, 0.25) is 0 Å². The predicted octanol–water partition coefficient (Wildman–Crippen LogP) is 2.32. The predicted molar refractivity (Wildman–Crippen MR) is 81.7 cm³/mol. The van der Waals surface area contributed by atoms with Crippen molar-refractivity contribution >= 4 is 6.03 Å². The van der Waals surface area contributed by atoms with Crippen LogP contribution in [0, 0.1) is 0 Å². The zero-order valence-corrected chi connectivity index (χ0v) is 12.5. The first kappa shape index (κ1) is 14.9. The highest BCUT2D eigenvalue weighted by Crippen LogP contribution is 2.32. The molecule has 1 heterocycles. The van der Waals surface area contributed by atoms with E-state index in [1.54, 1.807) is 0 Å². The molecule has 0 unspecified atom stereocenters. The number of urea groups is 1. The van der Waals surface area contributed by atoms with Crippen LogP contribution in [0.15, 0.2) is 30.3 Å². The van der Waals surface area contributed by atoms with Crippen LogP contribution in [-0.4, -0.2) is 37.6 Å². The zero-order chi connectivity index (χ0) is 14.4. The third kappa shape index (κ3) is 3.51. The standard InChI is InChI=1S/C16H25N3O/c1-3-11-17-15(20)18-16(9-12-19(2)13-10-16)14-7-5-4-6-8-14/h4-8H,3,9-13H2,1-2H3,(H2,17,18,20). The van der Waals surface area contributed by atoms with E-state index < -0.39 is 0 Å². The fraction of sp³-hybridized carbons (Fsp3) is 0.562. The van der Waals surface area contributed by atoms with Gasteiger partial charge in [0, 0.05) is 19.6 Å². The summed E-state index contributed by atoms with van der Waals surface area (Å²) in [5, 5.41) is 6.15. The maximum atomic E-state index is 12.1. The van der Waals surface area contributed by atoms with Gasteiger partial charge < -0.3 is 15.5 Å². The summed E-state index contributed by atoms with van der Waals surface area (Å²) in [7, 11) is 2.13. The van der Waals surface area contributed by atoms with Crippen molar-refractivity contribution in [1.29, 1.82) is 0 Å². The summed E-state index contributed by atoms with van der Waals surface area (Å²) in [5.41, 5.74) is 0.978. The van der Waals surface area contributed by atoms with Gasteiger partial charge in [0.25, 0.3) is 0 Å². The van der Waals surface area contributed by atoms with Gasteiger partial charge in [-0.1, -0.05) is 37.3 Å². The van der Waals surface area contributed by atoms with Gasteiger partial charge in [-0.2, -0.15) is 0 Å². The maximum Gasteiger partial charge on any atom is 0.315 e. The number of carbonyl (C=O) groups excluding carboxylic acids is 1. The molecule has 0 aromatic heterocycles. The molecule has 1 aromatic rings. The van der Waals surface area contributed by atoms with Crippen LogP contribution in [0.25, 0.3) is 0 Å². The number of piperidine rings is 1. The summed E-state index contributed by atoms with van der Waals surface area (Å²) < 4.78 is 0. The van der Waals surface area contributed by atoms with Crippen molar-refractivity contribution in [3.8, 4) is 0 Å². The third-order valence-corrected chi connectivity index (χ3v) is 4.06. The van der Waals surface area contributed by atoms with E-state index in [-0.39, 0.29) is 11.6 Å². The number of likely N-dealkylation sites (tertiary alicyclic amines) is 1. The average Bonchev–Trinajstić information content (AvgIpc) is 2.49. The summed E-state index contributed by atoms with van der Waals surface area (Å²) in [4.78, 5) is 14.4. The molecule has 4 heteroatoms. The second kappa shape index (κ2) is 6.75. The Morgan fingerprint density at radius 3 is 2.50 bits per heavy atom. The molecule has 1 aromatic carbocycles. The van der Waals surface area contributed by atoms with Gasteiger partial charge in [-0.25, -0.2) is 4.79 Å². The summed E-state index contributed by atoms with van der Waals surface area (Å²) in [5.74, 6) is 0. The molecular weight excluding hydrogens is 250 g/mol. The Morgan fingerprint density at radius 2 is 1.90 bits per heavy atom. The lowest BCUT2D eigenvalue weighted by Gasteiger charge is -2.41. The van der Waals surface area contributed by atoms with E-state index in [1.807, 2.05) is 18.2 Å². The van der Waals surface area contributed by atoms with Gasteiger partial charge in [0.15, 0.2) is 0 Å². The smallest absolute Gasteiger partial charge is 0.315 e. The highest BCUT2D eigenvalue weighted by Gasteiger charge is 2.36. The number of benzene rings is 1. The Morgan fingerprint density at radius 1 is 1.25 bits per heavy atom. The van der Waals surface area contributed by atoms with Gasteiger partial charge in [0.1, 0.15) is 0 Å². The van der Waals surface area contributed by atoms with Crippen LogP contribution in [0.5, 0.6) is 0 Å². The molecule has 0 spiro atoms. The molecule has 20 heavy (non-hydrogen) atoms. The molecule has 2 N–H and O–H groups in total. The van der Waals surface area contributed by atoms with Crippen LogP contribution < -0.4 is 10.6 Å². The Balaban J connectivity index is 2.15. The number of hydrogen-bond acceptors (Lipinski definition) is 2. The van der Waals surface area contributed by atoms with Crippen LogP contribution in [0.4, 0.5) is 4.79 Å². The Bertz CT molecular complexity index is 425. The first-order chi connectivity index (χ1) is 9.66. The van der Waals surface area contributed by atoms with Gasteiger partial charge in [0.05, 0.1) is 5.54 Å². The van der Waals surface area contributed by atoms with E-state index >= 15 is 0 Å². The number of rotatable bonds is 4. The number of nitrogens with zero attached hydrogens (tertiary/aromatic N) is 1. The highest BCUT2D eigenvalue weighted by molar-refractivity contribution is 5.75. The molecular formula is C16H25N3O. The first-order valence-electron chi connectivity index (χ1n) is 7.46. The number of carbonyl (C=O) groups is 1. The molecule has 0 atom stereocenters. The van der Waals surface area contributed by atoms with E-state index in [2.05, 4.69) is 41.6 Å². The Hall–Kier alpha value is -1.55. The van der Waals surface area contributed by atoms with Crippen molar-refractivity contribution in [1.82, 2.24) is 15.5 Å². The molecule has 1 fully saturated rings. The summed E-state index contributed by atoms with van der Waals surface area (Å²) in [6, 6.07) is 10.3. The largest absolute Gasteiger partial charge is 0.338 e. The van der Waals surface area contributed by atoms with Gasteiger partial charge in [-0.3, -0.25) is 0 Å².